The summed E-state index contributed by atoms with van der Waals surface area (Å²) in [7, 11) is -9.91. The number of phosphoric ester groups is 2. The van der Waals surface area contributed by atoms with E-state index in [1.165, 1.54) is 122 Å². The van der Waals surface area contributed by atoms with Crippen LogP contribution in [0.25, 0.3) is 0 Å². The molecule has 0 spiro atoms. The summed E-state index contributed by atoms with van der Waals surface area (Å²) in [6.07, 6.45) is 48.2. The maximum atomic E-state index is 13.0. The van der Waals surface area contributed by atoms with Crippen LogP contribution in [0.2, 0.25) is 0 Å². The highest BCUT2D eigenvalue weighted by molar-refractivity contribution is 7.47. The molecular weight excluding hydrogens is 1190 g/mol. The first kappa shape index (κ1) is 87.5. The van der Waals surface area contributed by atoms with E-state index < -0.39 is 97.5 Å². The molecular formula is C71H134O17P2. The van der Waals surface area contributed by atoms with E-state index >= 15 is 0 Å². The standard InChI is InChI=1S/C71H134O17P2/c1-8-9-10-11-12-13-14-15-16-17-22-25-31-40-47-54-70(75)87-66(58-81-68(73)52-45-38-30-24-21-19-18-20-23-28-35-42-49-62(2)3)60-85-89(77,78)83-56-65(72)57-84-90(79,80)86-61-67(59-82-69(74)53-46-39-34-33-37-44-51-64(6)7)88-71(76)55-48-41-32-27-26-29-36-43-50-63(4)5/h13-16,62-67,72H,8-12,17-61H2,1-7H3,(H,77,78)(H,79,80)/b14-13-,16-15-/t65-,66-,67-/m1/s1. The minimum Gasteiger partial charge on any atom is -0.462 e. The maximum Gasteiger partial charge on any atom is 0.472 e. The Hall–Kier alpha value is -2.46. The summed E-state index contributed by atoms with van der Waals surface area (Å²) < 4.78 is 68.2. The molecule has 5 atom stereocenters. The molecule has 530 valence electrons. The van der Waals surface area contributed by atoms with Gasteiger partial charge in [0, 0.05) is 25.7 Å². The van der Waals surface area contributed by atoms with Crippen LogP contribution in [0.4, 0.5) is 0 Å². The third-order valence-corrected chi connectivity index (χ3v) is 17.7. The van der Waals surface area contributed by atoms with Crippen molar-refractivity contribution in [1.82, 2.24) is 0 Å². The molecule has 0 bridgehead atoms. The fourth-order valence-corrected chi connectivity index (χ4v) is 11.8. The van der Waals surface area contributed by atoms with Crippen LogP contribution < -0.4 is 0 Å². The second-order valence-electron chi connectivity index (χ2n) is 26.4. The van der Waals surface area contributed by atoms with Gasteiger partial charge < -0.3 is 33.8 Å². The lowest BCUT2D eigenvalue weighted by atomic mass is 10.0. The predicted molar refractivity (Wildman–Crippen MR) is 363 cm³/mol. The first-order valence-corrected chi connectivity index (χ1v) is 39.2. The van der Waals surface area contributed by atoms with E-state index in [9.17, 15) is 43.2 Å². The summed E-state index contributed by atoms with van der Waals surface area (Å²) in [5, 5.41) is 10.6. The average Bonchev–Trinajstić information content (AvgIpc) is 3.71. The average molecular weight is 1320 g/mol. The number of aliphatic hydroxyl groups excluding tert-OH is 1. The van der Waals surface area contributed by atoms with E-state index in [0.29, 0.717) is 37.5 Å². The number of hydrogen-bond donors (Lipinski definition) is 3. The van der Waals surface area contributed by atoms with Gasteiger partial charge in [-0.1, -0.05) is 278 Å². The Balaban J connectivity index is 5.28. The molecule has 0 aromatic carbocycles. The summed E-state index contributed by atoms with van der Waals surface area (Å²) in [6, 6.07) is 0. The maximum absolute atomic E-state index is 13.0. The molecule has 90 heavy (non-hydrogen) atoms. The van der Waals surface area contributed by atoms with Crippen LogP contribution >= 0.6 is 15.6 Å². The summed E-state index contributed by atoms with van der Waals surface area (Å²) >= 11 is 0. The normalized spacial score (nSPS) is 14.4. The largest absolute Gasteiger partial charge is 0.472 e. The Labute approximate surface area is 548 Å². The van der Waals surface area contributed by atoms with Crippen molar-refractivity contribution in [3.05, 3.63) is 24.3 Å². The van der Waals surface area contributed by atoms with Crippen molar-refractivity contribution in [2.75, 3.05) is 39.6 Å². The first-order valence-electron chi connectivity index (χ1n) is 36.2. The molecule has 0 fully saturated rings. The number of allylic oxidation sites excluding steroid dienone is 4. The number of esters is 4. The quantitative estimate of drug-likeness (QED) is 0.0169. The molecule has 3 N–H and O–H groups in total. The van der Waals surface area contributed by atoms with Crippen LogP contribution in [0.1, 0.15) is 331 Å². The highest BCUT2D eigenvalue weighted by atomic mass is 31.2. The van der Waals surface area contributed by atoms with Gasteiger partial charge in [-0.25, -0.2) is 9.13 Å². The van der Waals surface area contributed by atoms with E-state index in [4.69, 9.17) is 37.0 Å². The number of phosphoric acid groups is 2. The number of carbonyl (C=O) groups is 4. The smallest absolute Gasteiger partial charge is 0.462 e. The van der Waals surface area contributed by atoms with Crippen molar-refractivity contribution >= 4 is 39.5 Å². The monoisotopic (exact) mass is 1320 g/mol. The third kappa shape index (κ3) is 64.3. The molecule has 0 aromatic rings. The van der Waals surface area contributed by atoms with E-state index in [1.54, 1.807) is 0 Å². The second kappa shape index (κ2) is 61.4. The van der Waals surface area contributed by atoms with Gasteiger partial charge >= 0.3 is 39.5 Å². The van der Waals surface area contributed by atoms with E-state index in [0.717, 1.165) is 115 Å². The van der Waals surface area contributed by atoms with Gasteiger partial charge in [-0.05, 0) is 69.1 Å². The van der Waals surface area contributed by atoms with Crippen molar-refractivity contribution in [3.63, 3.8) is 0 Å². The van der Waals surface area contributed by atoms with Crippen LogP contribution in [-0.4, -0.2) is 96.7 Å². The Kier molecular flexibility index (Phi) is 59.7. The highest BCUT2D eigenvalue weighted by Crippen LogP contribution is 2.45. The topological polar surface area (TPSA) is 237 Å². The Morgan fingerprint density at radius 3 is 0.900 bits per heavy atom. The number of ether oxygens (including phenoxy) is 4. The van der Waals surface area contributed by atoms with Crippen LogP contribution in [0.15, 0.2) is 24.3 Å². The molecule has 19 heteroatoms. The summed E-state index contributed by atoms with van der Waals surface area (Å²) in [5.41, 5.74) is 0. The number of rotatable bonds is 67. The fourth-order valence-electron chi connectivity index (χ4n) is 10.2. The first-order chi connectivity index (χ1) is 43.2. The van der Waals surface area contributed by atoms with Crippen molar-refractivity contribution in [1.29, 1.82) is 0 Å². The highest BCUT2D eigenvalue weighted by Gasteiger charge is 2.30. The Bertz CT molecular complexity index is 1860. The molecule has 17 nitrogen and oxygen atoms in total. The molecule has 0 aliphatic carbocycles. The molecule has 0 saturated heterocycles. The van der Waals surface area contributed by atoms with Gasteiger partial charge in [0.1, 0.15) is 19.3 Å². The van der Waals surface area contributed by atoms with E-state index in [2.05, 4.69) is 72.8 Å². The summed E-state index contributed by atoms with van der Waals surface area (Å²) in [5.74, 6) is 0.0146. The molecule has 0 radical (unpaired) electrons. The molecule has 0 amide bonds. The molecule has 0 aliphatic heterocycles. The number of unbranched alkanes of at least 4 members (excludes halogenated alkanes) is 32. The van der Waals surface area contributed by atoms with Crippen LogP contribution in [0.3, 0.4) is 0 Å². The third-order valence-electron chi connectivity index (χ3n) is 15.8. The minimum atomic E-state index is -4.96. The van der Waals surface area contributed by atoms with Crippen LogP contribution in [0.5, 0.6) is 0 Å². The summed E-state index contributed by atoms with van der Waals surface area (Å²) in [4.78, 5) is 72.5. The SMILES string of the molecule is CCCCCC/C=C\C=C/CCCCCCCC(=O)O[C@H](COC(=O)CCCCCCCCCCCCCCC(C)C)COP(=O)(O)OC[C@@H](O)COP(=O)(O)OC[C@@H](COC(=O)CCCCCCCCC(C)C)OC(=O)CCCCCCCCCCC(C)C. The van der Waals surface area contributed by atoms with Crippen molar-refractivity contribution in [2.45, 2.75) is 349 Å². The van der Waals surface area contributed by atoms with Gasteiger partial charge in [0.15, 0.2) is 12.2 Å². The Morgan fingerprint density at radius 1 is 0.344 bits per heavy atom. The fraction of sp³-hybridized carbons (Fsp3) is 0.887. The lowest BCUT2D eigenvalue weighted by molar-refractivity contribution is -0.161. The second-order valence-corrected chi connectivity index (χ2v) is 29.3. The molecule has 2 unspecified atom stereocenters. The van der Waals surface area contributed by atoms with Crippen LogP contribution in [-0.2, 0) is 65.4 Å². The molecule has 0 aliphatic rings. The predicted octanol–water partition coefficient (Wildman–Crippen LogP) is 19.8. The zero-order valence-corrected chi connectivity index (χ0v) is 59.9. The van der Waals surface area contributed by atoms with Gasteiger partial charge in [0.25, 0.3) is 0 Å². The van der Waals surface area contributed by atoms with E-state index in [-0.39, 0.29) is 25.7 Å². The van der Waals surface area contributed by atoms with E-state index in [1.807, 2.05) is 0 Å². The van der Waals surface area contributed by atoms with Gasteiger partial charge in [0.2, 0.25) is 0 Å². The lowest BCUT2D eigenvalue weighted by Crippen LogP contribution is -2.30. The Morgan fingerprint density at radius 2 is 0.600 bits per heavy atom. The molecule has 0 aromatic heterocycles. The molecule has 0 heterocycles. The van der Waals surface area contributed by atoms with Crippen molar-refractivity contribution in [2.24, 2.45) is 17.8 Å². The number of aliphatic hydroxyl groups is 1. The van der Waals surface area contributed by atoms with Crippen molar-refractivity contribution in [3.8, 4) is 0 Å². The van der Waals surface area contributed by atoms with Gasteiger partial charge in [-0.15, -0.1) is 0 Å². The van der Waals surface area contributed by atoms with Gasteiger partial charge in [-0.3, -0.25) is 37.3 Å². The van der Waals surface area contributed by atoms with Crippen LogP contribution in [0, 0.1) is 17.8 Å². The van der Waals surface area contributed by atoms with Crippen molar-refractivity contribution < 1.29 is 80.2 Å². The minimum absolute atomic E-state index is 0.0844. The molecule has 0 saturated carbocycles. The summed E-state index contributed by atoms with van der Waals surface area (Å²) in [6.45, 7) is 11.7. The van der Waals surface area contributed by atoms with Gasteiger partial charge in [-0.2, -0.15) is 0 Å². The zero-order valence-electron chi connectivity index (χ0n) is 58.1. The number of hydrogen-bond acceptors (Lipinski definition) is 15. The van der Waals surface area contributed by atoms with Gasteiger partial charge in [0.05, 0.1) is 26.4 Å². The zero-order chi connectivity index (χ0) is 66.6. The number of carbonyl (C=O) groups excluding carboxylic acids is 4. The lowest BCUT2D eigenvalue weighted by Gasteiger charge is -2.21. The molecule has 0 rings (SSSR count).